The monoisotopic (exact) mass is 470 g/mol. The Morgan fingerprint density at radius 2 is 1.76 bits per heavy atom. The fourth-order valence-corrected chi connectivity index (χ4v) is 5.03. The molecule has 0 aromatic heterocycles. The standard InChI is InChI=1S/C21H28Br2O2/c1-5-6-7-8-15-18(22)20(24)17(21(25)19(15)23)16-11-14(12(2)3)10-9-13(16)4/h14,24-25H,2,5-11H2,1,3-4H3/t14-/m1/s1. The lowest BCUT2D eigenvalue weighted by Crippen LogP contribution is -2.10. The van der Waals surface area contributed by atoms with Crippen LogP contribution < -0.4 is 0 Å². The van der Waals surface area contributed by atoms with Crippen LogP contribution in [0.3, 0.4) is 0 Å². The van der Waals surface area contributed by atoms with Crippen molar-refractivity contribution in [2.45, 2.75) is 65.7 Å². The van der Waals surface area contributed by atoms with Crippen LogP contribution in [-0.4, -0.2) is 10.2 Å². The van der Waals surface area contributed by atoms with Crippen molar-refractivity contribution >= 4 is 37.4 Å². The lowest BCUT2D eigenvalue weighted by molar-refractivity contribution is 0.438. The second-order valence-electron chi connectivity index (χ2n) is 7.18. The van der Waals surface area contributed by atoms with Gasteiger partial charge in [0.2, 0.25) is 0 Å². The first kappa shape index (κ1) is 20.6. The van der Waals surface area contributed by atoms with Gasteiger partial charge in [-0.15, -0.1) is 0 Å². The molecule has 138 valence electrons. The number of aromatic hydroxyl groups is 2. The van der Waals surface area contributed by atoms with E-state index in [1.165, 1.54) is 11.1 Å². The molecule has 0 unspecified atom stereocenters. The van der Waals surface area contributed by atoms with Gasteiger partial charge in [0.25, 0.3) is 0 Å². The molecule has 1 aliphatic carbocycles. The summed E-state index contributed by atoms with van der Waals surface area (Å²) in [7, 11) is 0. The number of phenols is 2. The highest BCUT2D eigenvalue weighted by atomic mass is 79.9. The highest BCUT2D eigenvalue weighted by molar-refractivity contribution is 9.11. The van der Waals surface area contributed by atoms with E-state index in [0.717, 1.165) is 56.1 Å². The molecule has 1 aromatic carbocycles. The van der Waals surface area contributed by atoms with E-state index in [9.17, 15) is 10.2 Å². The molecular formula is C21H28Br2O2. The van der Waals surface area contributed by atoms with E-state index in [2.05, 4.69) is 59.2 Å². The molecule has 0 aliphatic heterocycles. The van der Waals surface area contributed by atoms with E-state index >= 15 is 0 Å². The number of unbranched alkanes of at least 4 members (excludes halogenated alkanes) is 2. The topological polar surface area (TPSA) is 40.5 Å². The molecule has 0 fully saturated rings. The third-order valence-electron chi connectivity index (χ3n) is 5.28. The zero-order chi connectivity index (χ0) is 18.7. The van der Waals surface area contributed by atoms with E-state index in [1.807, 2.05) is 0 Å². The number of benzene rings is 1. The average molecular weight is 472 g/mol. The molecule has 1 aromatic rings. The van der Waals surface area contributed by atoms with Crippen molar-refractivity contribution in [3.63, 3.8) is 0 Å². The van der Waals surface area contributed by atoms with Crippen LogP contribution in [-0.2, 0) is 6.42 Å². The van der Waals surface area contributed by atoms with Crippen molar-refractivity contribution < 1.29 is 10.2 Å². The summed E-state index contributed by atoms with van der Waals surface area (Å²) in [5.41, 5.74) is 4.97. The van der Waals surface area contributed by atoms with Crippen LogP contribution in [0.1, 0.15) is 70.4 Å². The smallest absolute Gasteiger partial charge is 0.141 e. The molecule has 0 radical (unpaired) electrons. The van der Waals surface area contributed by atoms with Gasteiger partial charge in [-0.2, -0.15) is 0 Å². The van der Waals surface area contributed by atoms with Crippen LogP contribution in [0.25, 0.3) is 5.57 Å². The maximum atomic E-state index is 10.9. The highest BCUT2D eigenvalue weighted by Gasteiger charge is 2.28. The van der Waals surface area contributed by atoms with Crippen LogP contribution >= 0.6 is 31.9 Å². The molecule has 0 heterocycles. The molecule has 0 bridgehead atoms. The molecule has 0 amide bonds. The summed E-state index contributed by atoms with van der Waals surface area (Å²) in [6.45, 7) is 10.4. The maximum Gasteiger partial charge on any atom is 0.141 e. The van der Waals surface area contributed by atoms with Gasteiger partial charge in [0, 0.05) is 0 Å². The van der Waals surface area contributed by atoms with Gasteiger partial charge in [-0.05, 0) is 94.9 Å². The second-order valence-corrected chi connectivity index (χ2v) is 8.77. The van der Waals surface area contributed by atoms with Crippen LogP contribution in [0.2, 0.25) is 0 Å². The Hall–Kier alpha value is -0.740. The van der Waals surface area contributed by atoms with Gasteiger partial charge in [-0.25, -0.2) is 0 Å². The minimum absolute atomic E-state index is 0.156. The molecule has 0 saturated heterocycles. The summed E-state index contributed by atoms with van der Waals surface area (Å²) >= 11 is 7.14. The molecule has 1 atom stereocenters. The molecule has 0 spiro atoms. The van der Waals surface area contributed by atoms with Crippen LogP contribution in [0.15, 0.2) is 26.7 Å². The van der Waals surface area contributed by atoms with E-state index in [0.29, 0.717) is 20.4 Å². The van der Waals surface area contributed by atoms with Gasteiger partial charge >= 0.3 is 0 Å². The summed E-state index contributed by atoms with van der Waals surface area (Å²) in [5.74, 6) is 0.715. The normalized spacial score (nSPS) is 17.9. The minimum atomic E-state index is 0.156. The zero-order valence-electron chi connectivity index (χ0n) is 15.4. The molecule has 2 nitrogen and oxygen atoms in total. The Morgan fingerprint density at radius 3 is 2.28 bits per heavy atom. The largest absolute Gasteiger partial charge is 0.506 e. The highest BCUT2D eigenvalue weighted by Crippen LogP contribution is 2.51. The zero-order valence-corrected chi connectivity index (χ0v) is 18.6. The third kappa shape index (κ3) is 4.33. The molecule has 0 saturated carbocycles. The van der Waals surface area contributed by atoms with Crippen molar-refractivity contribution in [3.8, 4) is 11.5 Å². The minimum Gasteiger partial charge on any atom is -0.506 e. The summed E-state index contributed by atoms with van der Waals surface area (Å²) in [4.78, 5) is 0. The van der Waals surface area contributed by atoms with Gasteiger partial charge in [0.1, 0.15) is 11.5 Å². The van der Waals surface area contributed by atoms with Crippen molar-refractivity contribution in [1.29, 1.82) is 0 Å². The fraction of sp³-hybridized carbons (Fsp3) is 0.524. The van der Waals surface area contributed by atoms with Crippen LogP contribution in [0.5, 0.6) is 11.5 Å². The maximum absolute atomic E-state index is 10.9. The van der Waals surface area contributed by atoms with Gasteiger partial charge < -0.3 is 10.2 Å². The first-order chi connectivity index (χ1) is 11.8. The summed E-state index contributed by atoms with van der Waals surface area (Å²) in [5, 5.41) is 21.7. The number of rotatable bonds is 6. The Labute approximate surface area is 168 Å². The molecule has 4 heteroatoms. The number of hydrogen-bond acceptors (Lipinski definition) is 2. The van der Waals surface area contributed by atoms with E-state index < -0.39 is 0 Å². The van der Waals surface area contributed by atoms with Gasteiger partial charge in [0.15, 0.2) is 0 Å². The molecule has 2 rings (SSSR count). The van der Waals surface area contributed by atoms with Crippen molar-refractivity contribution in [3.05, 3.63) is 37.8 Å². The lowest BCUT2D eigenvalue weighted by Gasteiger charge is -2.28. The predicted molar refractivity (Wildman–Crippen MR) is 113 cm³/mol. The first-order valence-corrected chi connectivity index (χ1v) is 10.6. The average Bonchev–Trinajstić information content (AvgIpc) is 2.57. The SMILES string of the molecule is C=C(C)[C@@H]1CCC(C)=C(c2c(O)c(Br)c(CCCCC)c(Br)c2O)C1. The number of halogens is 2. The second kappa shape index (κ2) is 8.77. The quantitative estimate of drug-likeness (QED) is 0.333. The Morgan fingerprint density at radius 1 is 1.16 bits per heavy atom. The van der Waals surface area contributed by atoms with E-state index in [1.54, 1.807) is 0 Å². The summed E-state index contributed by atoms with van der Waals surface area (Å²) in [6, 6.07) is 0. The summed E-state index contributed by atoms with van der Waals surface area (Å²) < 4.78 is 1.39. The van der Waals surface area contributed by atoms with Gasteiger partial charge in [0.05, 0.1) is 14.5 Å². The Bertz CT molecular complexity index is 675. The van der Waals surface area contributed by atoms with Crippen LogP contribution in [0.4, 0.5) is 0 Å². The molecule has 25 heavy (non-hydrogen) atoms. The molecular weight excluding hydrogens is 444 g/mol. The lowest BCUT2D eigenvalue weighted by atomic mass is 9.78. The fourth-order valence-electron chi connectivity index (χ4n) is 3.57. The van der Waals surface area contributed by atoms with Crippen molar-refractivity contribution in [1.82, 2.24) is 0 Å². The van der Waals surface area contributed by atoms with Crippen molar-refractivity contribution in [2.24, 2.45) is 5.92 Å². The van der Waals surface area contributed by atoms with Crippen LogP contribution in [0, 0.1) is 5.92 Å². The molecule has 1 aliphatic rings. The number of phenolic OH excluding ortho intramolecular Hbond substituents is 2. The number of hydrogen-bond donors (Lipinski definition) is 2. The van der Waals surface area contributed by atoms with Gasteiger partial charge in [-0.3, -0.25) is 0 Å². The Balaban J connectivity index is 2.50. The van der Waals surface area contributed by atoms with Gasteiger partial charge in [-0.1, -0.05) is 37.5 Å². The van der Waals surface area contributed by atoms with Crippen molar-refractivity contribution in [2.75, 3.05) is 0 Å². The van der Waals surface area contributed by atoms with E-state index in [-0.39, 0.29) is 11.5 Å². The van der Waals surface area contributed by atoms with E-state index in [4.69, 9.17) is 0 Å². The third-order valence-corrected chi connectivity index (χ3v) is 6.99. The Kier molecular flexibility index (Phi) is 7.21. The predicted octanol–water partition coefficient (Wildman–Crippen LogP) is 7.51. The number of allylic oxidation sites excluding steroid dienone is 3. The summed E-state index contributed by atoms with van der Waals surface area (Å²) in [6.07, 6.45) is 7.00. The molecule has 2 N–H and O–H groups in total. The first-order valence-electron chi connectivity index (χ1n) is 9.05.